The van der Waals surface area contributed by atoms with E-state index in [4.69, 9.17) is 4.74 Å². The number of halogens is 1. The molecule has 0 bridgehead atoms. The molecule has 166 valence electrons. The molecule has 1 fully saturated rings. The van der Waals surface area contributed by atoms with Gasteiger partial charge in [0.25, 0.3) is 5.91 Å². The minimum Gasteiger partial charge on any atom is -0.484 e. The number of rotatable bonds is 7. The zero-order valence-electron chi connectivity index (χ0n) is 17.9. The van der Waals surface area contributed by atoms with E-state index in [0.717, 1.165) is 10.8 Å². The molecule has 0 aromatic heterocycles. The van der Waals surface area contributed by atoms with Gasteiger partial charge in [-0.2, -0.15) is 0 Å². The average Bonchev–Trinajstić information content (AvgIpc) is 2.83. The Morgan fingerprint density at radius 1 is 0.969 bits per heavy atom. The summed E-state index contributed by atoms with van der Waals surface area (Å²) in [6, 6.07) is 20.4. The topological polar surface area (TPSA) is 58.6 Å². The minimum atomic E-state index is -0.250. The van der Waals surface area contributed by atoms with Crippen molar-refractivity contribution in [3.63, 3.8) is 0 Å². The molecule has 5 nitrogen and oxygen atoms in total. The van der Waals surface area contributed by atoms with Gasteiger partial charge in [-0.15, -0.1) is 0 Å². The highest BCUT2D eigenvalue weighted by Crippen LogP contribution is 2.21. The number of amides is 2. The first-order chi connectivity index (χ1) is 15.6. The number of hydrogen-bond donors (Lipinski definition) is 1. The molecule has 0 saturated carbocycles. The Labute approximate surface area is 187 Å². The number of nitrogens with one attached hydrogen (secondary N) is 1. The van der Waals surface area contributed by atoms with Crippen LogP contribution in [0.4, 0.5) is 4.39 Å². The van der Waals surface area contributed by atoms with E-state index < -0.39 is 0 Å². The zero-order valence-corrected chi connectivity index (χ0v) is 17.9. The van der Waals surface area contributed by atoms with Gasteiger partial charge in [-0.1, -0.05) is 48.5 Å². The van der Waals surface area contributed by atoms with Crippen LogP contribution in [0.15, 0.2) is 66.7 Å². The van der Waals surface area contributed by atoms with Crippen molar-refractivity contribution >= 4 is 22.6 Å². The van der Waals surface area contributed by atoms with Crippen molar-refractivity contribution < 1.29 is 18.7 Å². The SMILES string of the molecule is O=C(NCCc1ccccc1F)C1CCN(C(=O)COc2ccc3ccccc3c2)CC1. The maximum atomic E-state index is 13.7. The lowest BCUT2D eigenvalue weighted by atomic mass is 9.96. The third-order valence-corrected chi connectivity index (χ3v) is 5.95. The minimum absolute atomic E-state index is 0.0160. The average molecular weight is 435 g/mol. The van der Waals surface area contributed by atoms with Crippen LogP contribution in [0.25, 0.3) is 10.8 Å². The van der Waals surface area contributed by atoms with Crippen LogP contribution in [-0.2, 0) is 16.0 Å². The van der Waals surface area contributed by atoms with Crippen LogP contribution < -0.4 is 10.1 Å². The Bertz CT molecular complexity index is 1090. The maximum Gasteiger partial charge on any atom is 0.260 e. The van der Waals surface area contributed by atoms with Gasteiger partial charge in [0.2, 0.25) is 5.91 Å². The molecular formula is C26H27FN2O3. The summed E-state index contributed by atoms with van der Waals surface area (Å²) in [6.45, 7) is 1.45. The van der Waals surface area contributed by atoms with Crippen molar-refractivity contribution in [1.29, 1.82) is 0 Å². The molecule has 0 atom stereocenters. The monoisotopic (exact) mass is 434 g/mol. The van der Waals surface area contributed by atoms with E-state index in [-0.39, 0.29) is 30.2 Å². The van der Waals surface area contributed by atoms with Gasteiger partial charge in [0.05, 0.1) is 0 Å². The van der Waals surface area contributed by atoms with Crippen molar-refractivity contribution in [3.8, 4) is 5.75 Å². The van der Waals surface area contributed by atoms with Crippen LogP contribution in [0.1, 0.15) is 18.4 Å². The van der Waals surface area contributed by atoms with E-state index in [1.165, 1.54) is 6.07 Å². The summed E-state index contributed by atoms with van der Waals surface area (Å²) in [7, 11) is 0. The summed E-state index contributed by atoms with van der Waals surface area (Å²) in [5.41, 5.74) is 0.597. The van der Waals surface area contributed by atoms with Crippen molar-refractivity contribution in [2.24, 2.45) is 5.92 Å². The van der Waals surface area contributed by atoms with Gasteiger partial charge in [-0.25, -0.2) is 4.39 Å². The summed E-state index contributed by atoms with van der Waals surface area (Å²) >= 11 is 0. The van der Waals surface area contributed by atoms with Crippen LogP contribution in [0, 0.1) is 11.7 Å². The molecule has 1 aliphatic heterocycles. The molecule has 1 aliphatic rings. The number of carbonyl (C=O) groups is 2. The zero-order chi connectivity index (χ0) is 22.3. The van der Waals surface area contributed by atoms with Crippen molar-refractivity contribution in [2.45, 2.75) is 19.3 Å². The highest BCUT2D eigenvalue weighted by molar-refractivity contribution is 5.84. The second-order valence-corrected chi connectivity index (χ2v) is 8.09. The number of likely N-dealkylation sites (tertiary alicyclic amines) is 1. The molecular weight excluding hydrogens is 407 g/mol. The van der Waals surface area contributed by atoms with Crippen LogP contribution in [0.3, 0.4) is 0 Å². The maximum absolute atomic E-state index is 13.7. The quantitative estimate of drug-likeness (QED) is 0.613. The first kappa shape index (κ1) is 21.8. The van der Waals surface area contributed by atoms with E-state index in [1.807, 2.05) is 42.5 Å². The normalized spacial score (nSPS) is 14.3. The molecule has 0 radical (unpaired) electrons. The highest BCUT2D eigenvalue weighted by Gasteiger charge is 2.27. The molecule has 0 aliphatic carbocycles. The molecule has 32 heavy (non-hydrogen) atoms. The van der Waals surface area contributed by atoms with E-state index in [9.17, 15) is 14.0 Å². The summed E-state index contributed by atoms with van der Waals surface area (Å²) < 4.78 is 19.4. The second kappa shape index (κ2) is 10.3. The number of hydrogen-bond acceptors (Lipinski definition) is 3. The number of benzene rings is 3. The lowest BCUT2D eigenvalue weighted by Gasteiger charge is -2.31. The Hall–Kier alpha value is -3.41. The molecule has 2 amide bonds. The Morgan fingerprint density at radius 3 is 2.47 bits per heavy atom. The van der Waals surface area contributed by atoms with Gasteiger partial charge < -0.3 is 15.0 Å². The number of ether oxygens (including phenoxy) is 1. The number of carbonyl (C=O) groups excluding carboxylic acids is 2. The standard InChI is InChI=1S/C26H27FN2O3/c27-24-8-4-3-6-20(24)11-14-28-26(31)21-12-15-29(16-13-21)25(30)18-32-23-10-9-19-5-1-2-7-22(19)17-23/h1-10,17,21H,11-16,18H2,(H,28,31). The highest BCUT2D eigenvalue weighted by atomic mass is 19.1. The van der Waals surface area contributed by atoms with E-state index >= 15 is 0 Å². The summed E-state index contributed by atoms with van der Waals surface area (Å²) in [5.74, 6) is 0.194. The molecule has 3 aromatic rings. The smallest absolute Gasteiger partial charge is 0.260 e. The van der Waals surface area contributed by atoms with Gasteiger partial charge in [0.1, 0.15) is 11.6 Å². The lowest BCUT2D eigenvalue weighted by molar-refractivity contribution is -0.137. The fourth-order valence-corrected chi connectivity index (χ4v) is 4.05. The molecule has 6 heteroatoms. The van der Waals surface area contributed by atoms with E-state index in [0.29, 0.717) is 50.2 Å². The lowest BCUT2D eigenvalue weighted by Crippen LogP contribution is -2.44. The third kappa shape index (κ3) is 5.44. The number of fused-ring (bicyclic) bond motifs is 1. The Morgan fingerprint density at radius 2 is 1.69 bits per heavy atom. The van der Waals surface area contributed by atoms with Gasteiger partial charge >= 0.3 is 0 Å². The molecule has 1 saturated heterocycles. The predicted octanol–water partition coefficient (Wildman–Crippen LogP) is 3.96. The van der Waals surface area contributed by atoms with Crippen LogP contribution in [0.5, 0.6) is 5.75 Å². The van der Waals surface area contributed by atoms with Gasteiger partial charge in [-0.3, -0.25) is 9.59 Å². The second-order valence-electron chi connectivity index (χ2n) is 8.09. The molecule has 4 rings (SSSR count). The van der Waals surface area contributed by atoms with Crippen molar-refractivity contribution in [3.05, 3.63) is 78.1 Å². The number of nitrogens with zero attached hydrogens (tertiary/aromatic N) is 1. The van der Waals surface area contributed by atoms with Gasteiger partial charge in [0.15, 0.2) is 6.61 Å². The van der Waals surface area contributed by atoms with E-state index in [1.54, 1.807) is 23.1 Å². The predicted molar refractivity (Wildman–Crippen MR) is 122 cm³/mol. The summed E-state index contributed by atoms with van der Waals surface area (Å²) in [4.78, 5) is 26.7. The summed E-state index contributed by atoms with van der Waals surface area (Å²) in [5, 5.41) is 5.09. The number of piperidine rings is 1. The fourth-order valence-electron chi connectivity index (χ4n) is 4.05. The van der Waals surface area contributed by atoms with Crippen molar-refractivity contribution in [2.75, 3.05) is 26.2 Å². The van der Waals surface area contributed by atoms with Crippen LogP contribution >= 0.6 is 0 Å². The molecule has 1 heterocycles. The van der Waals surface area contributed by atoms with Crippen LogP contribution in [-0.4, -0.2) is 43.0 Å². The van der Waals surface area contributed by atoms with E-state index in [2.05, 4.69) is 5.32 Å². The first-order valence-corrected chi connectivity index (χ1v) is 11.0. The molecule has 3 aromatic carbocycles. The first-order valence-electron chi connectivity index (χ1n) is 11.0. The van der Waals surface area contributed by atoms with Gasteiger partial charge in [0, 0.05) is 25.6 Å². The summed E-state index contributed by atoms with van der Waals surface area (Å²) in [6.07, 6.45) is 1.70. The Balaban J connectivity index is 1.19. The third-order valence-electron chi connectivity index (χ3n) is 5.95. The van der Waals surface area contributed by atoms with Crippen LogP contribution in [0.2, 0.25) is 0 Å². The fraction of sp³-hybridized carbons (Fsp3) is 0.308. The molecule has 0 unspecified atom stereocenters. The van der Waals surface area contributed by atoms with Crippen molar-refractivity contribution in [1.82, 2.24) is 10.2 Å². The molecule has 1 N–H and O–H groups in total. The Kier molecular flexibility index (Phi) is 7.00. The van der Waals surface area contributed by atoms with Gasteiger partial charge in [-0.05, 0) is 53.8 Å². The molecule has 0 spiro atoms. The largest absolute Gasteiger partial charge is 0.484 e.